The average molecular weight is 401 g/mol. The van der Waals surface area contributed by atoms with Crippen molar-refractivity contribution in [2.24, 2.45) is 5.92 Å². The van der Waals surface area contributed by atoms with Gasteiger partial charge in [0.1, 0.15) is 39.3 Å². The lowest BCUT2D eigenvalue weighted by Crippen LogP contribution is -2.62. The molecule has 6 nitrogen and oxygen atoms in total. The van der Waals surface area contributed by atoms with E-state index < -0.39 is 0 Å². The molecule has 3 saturated heterocycles. The number of likely N-dealkylation sites (N-methyl/N-ethyl adjacent to an activating group) is 3. The molecule has 0 bridgehead atoms. The van der Waals surface area contributed by atoms with Crippen LogP contribution in [0.1, 0.15) is 19.8 Å². The van der Waals surface area contributed by atoms with Crippen molar-refractivity contribution >= 4 is 0 Å². The molecular weight excluding hydrogens is 354 g/mol. The van der Waals surface area contributed by atoms with Crippen molar-refractivity contribution < 1.29 is 27.7 Å². The van der Waals surface area contributed by atoms with Crippen molar-refractivity contribution in [3.8, 4) is 0 Å². The van der Waals surface area contributed by atoms with Crippen LogP contribution in [0.4, 0.5) is 0 Å². The molecule has 0 amide bonds. The smallest absolute Gasteiger partial charge is 0.102 e. The Morgan fingerprint density at radius 2 is 1.00 bits per heavy atom. The Bertz CT molecular complexity index is 470. The van der Waals surface area contributed by atoms with E-state index in [1.165, 1.54) is 78.6 Å². The highest BCUT2D eigenvalue weighted by Gasteiger charge is 2.41. The lowest BCUT2D eigenvalue weighted by Gasteiger charge is -2.48. The van der Waals surface area contributed by atoms with Gasteiger partial charge in [-0.1, -0.05) is 6.92 Å². The minimum absolute atomic E-state index is 0.731. The number of quaternary nitrogens is 3. The van der Waals surface area contributed by atoms with Gasteiger partial charge in [0.15, 0.2) is 0 Å². The minimum atomic E-state index is 0.731. The van der Waals surface area contributed by atoms with E-state index in [0.717, 1.165) is 51.6 Å². The summed E-state index contributed by atoms with van der Waals surface area (Å²) in [6.45, 7) is 17.7. The second-order valence-corrected chi connectivity index (χ2v) is 10.5. The van der Waals surface area contributed by atoms with E-state index in [2.05, 4.69) is 28.1 Å². The molecule has 28 heavy (non-hydrogen) atoms. The number of hydrogen-bond donors (Lipinski definition) is 0. The Hall–Kier alpha value is -0.240. The maximum atomic E-state index is 5.73. The van der Waals surface area contributed by atoms with E-state index in [9.17, 15) is 0 Å². The first-order valence-corrected chi connectivity index (χ1v) is 11.6. The van der Waals surface area contributed by atoms with Gasteiger partial charge in [-0.15, -0.1) is 0 Å². The van der Waals surface area contributed by atoms with Gasteiger partial charge >= 0.3 is 0 Å². The van der Waals surface area contributed by atoms with Crippen LogP contribution in [0.5, 0.6) is 0 Å². The van der Waals surface area contributed by atoms with Crippen LogP contribution in [0, 0.1) is 5.92 Å². The van der Waals surface area contributed by atoms with Crippen LogP contribution < -0.4 is 0 Å². The van der Waals surface area contributed by atoms with Gasteiger partial charge in [-0.3, -0.25) is 0 Å². The third-order valence-electron chi connectivity index (χ3n) is 8.14. The summed E-state index contributed by atoms with van der Waals surface area (Å²) in [5.41, 5.74) is 0. The summed E-state index contributed by atoms with van der Waals surface area (Å²) in [6.07, 6.45) is 2.64. The highest BCUT2D eigenvalue weighted by atomic mass is 16.5. The molecule has 3 aliphatic heterocycles. The molecule has 0 aromatic heterocycles. The van der Waals surface area contributed by atoms with E-state index in [0.29, 0.717) is 0 Å². The van der Waals surface area contributed by atoms with Crippen LogP contribution >= 0.6 is 0 Å². The van der Waals surface area contributed by atoms with Gasteiger partial charge in [0, 0.05) is 18.8 Å². The van der Waals surface area contributed by atoms with Crippen LogP contribution in [-0.4, -0.2) is 133 Å². The highest BCUT2D eigenvalue weighted by molar-refractivity contribution is 4.71. The number of hydrogen-bond acceptors (Lipinski definition) is 3. The monoisotopic (exact) mass is 400 g/mol. The van der Waals surface area contributed by atoms with E-state index >= 15 is 0 Å². The molecule has 2 atom stereocenters. The standard InChI is InChI=1S/C22H46N3O3/c1-21(5-7-23(2)9-15-26-16-10-23)22(25(4)13-19-28-20-14-25)6-8-24(3)11-17-27-18-12-24/h21-22H,5-20H2,1-4H3/q+3. The zero-order valence-electron chi connectivity index (χ0n) is 19.0. The predicted molar refractivity (Wildman–Crippen MR) is 112 cm³/mol. The van der Waals surface area contributed by atoms with Crippen molar-refractivity contribution in [1.82, 2.24) is 0 Å². The van der Waals surface area contributed by atoms with Crippen LogP contribution in [0.15, 0.2) is 0 Å². The van der Waals surface area contributed by atoms with Gasteiger partial charge in [0.2, 0.25) is 0 Å². The lowest BCUT2D eigenvalue weighted by atomic mass is 9.90. The molecule has 0 N–H and O–H groups in total. The first-order chi connectivity index (χ1) is 13.3. The van der Waals surface area contributed by atoms with Crippen molar-refractivity contribution in [2.75, 3.05) is 113 Å². The van der Waals surface area contributed by atoms with E-state index in [-0.39, 0.29) is 0 Å². The second-order valence-electron chi connectivity index (χ2n) is 10.5. The molecule has 6 heteroatoms. The number of morpholine rings is 3. The van der Waals surface area contributed by atoms with Crippen molar-refractivity contribution in [1.29, 1.82) is 0 Å². The number of ether oxygens (including phenoxy) is 3. The van der Waals surface area contributed by atoms with Gasteiger partial charge in [-0.25, -0.2) is 0 Å². The Morgan fingerprint density at radius 1 is 0.607 bits per heavy atom. The summed E-state index contributed by atoms with van der Waals surface area (Å²) in [5, 5.41) is 0. The van der Waals surface area contributed by atoms with Crippen LogP contribution in [0.2, 0.25) is 0 Å². The predicted octanol–water partition coefficient (Wildman–Crippen LogP) is 1.20. The molecule has 0 radical (unpaired) electrons. The highest BCUT2D eigenvalue weighted by Crippen LogP contribution is 2.28. The molecular formula is C22H46N3O3+3. The lowest BCUT2D eigenvalue weighted by molar-refractivity contribution is -0.955. The maximum Gasteiger partial charge on any atom is 0.102 e. The Labute approximate surface area is 173 Å². The molecule has 164 valence electrons. The number of rotatable bonds is 8. The van der Waals surface area contributed by atoms with Crippen LogP contribution in [0.25, 0.3) is 0 Å². The Morgan fingerprint density at radius 3 is 1.46 bits per heavy atom. The SMILES string of the molecule is CC(CC[N+]1(C)CCOCC1)C(CC[N+]1(C)CCOCC1)[N+]1(C)CCOCC1. The van der Waals surface area contributed by atoms with Gasteiger partial charge in [-0.2, -0.15) is 0 Å². The fourth-order valence-electron chi connectivity index (χ4n) is 5.47. The summed E-state index contributed by atoms with van der Waals surface area (Å²) >= 11 is 0. The van der Waals surface area contributed by atoms with E-state index in [1.54, 1.807) is 0 Å². The normalized spacial score (nSPS) is 29.1. The molecule has 3 rings (SSSR count). The van der Waals surface area contributed by atoms with E-state index in [1.807, 2.05) is 0 Å². The molecule has 3 heterocycles. The second kappa shape index (κ2) is 9.71. The zero-order chi connectivity index (χ0) is 20.1. The van der Waals surface area contributed by atoms with Crippen molar-refractivity contribution in [2.45, 2.75) is 25.8 Å². The summed E-state index contributed by atoms with van der Waals surface area (Å²) in [7, 11) is 7.35. The summed E-state index contributed by atoms with van der Waals surface area (Å²) in [5.74, 6) is 0.744. The van der Waals surface area contributed by atoms with Gasteiger partial charge in [0.25, 0.3) is 0 Å². The molecule has 3 aliphatic rings. The largest absolute Gasteiger partial charge is 0.370 e. The molecule has 2 unspecified atom stereocenters. The molecule has 0 aliphatic carbocycles. The molecule has 0 saturated carbocycles. The van der Waals surface area contributed by atoms with Gasteiger partial charge < -0.3 is 27.7 Å². The number of nitrogens with zero attached hydrogens (tertiary/aromatic N) is 3. The Kier molecular flexibility index (Phi) is 7.79. The Balaban J connectivity index is 1.62. The zero-order valence-corrected chi connectivity index (χ0v) is 19.0. The molecule has 3 fully saturated rings. The average Bonchev–Trinajstić information content (AvgIpc) is 2.68. The van der Waals surface area contributed by atoms with Crippen molar-refractivity contribution in [3.05, 3.63) is 0 Å². The molecule has 0 spiro atoms. The maximum absolute atomic E-state index is 5.73. The first-order valence-electron chi connectivity index (χ1n) is 11.6. The third kappa shape index (κ3) is 5.89. The quantitative estimate of drug-likeness (QED) is 0.573. The van der Waals surface area contributed by atoms with Crippen LogP contribution in [0.3, 0.4) is 0 Å². The van der Waals surface area contributed by atoms with Gasteiger partial charge in [-0.05, 0) is 0 Å². The summed E-state index contributed by atoms with van der Waals surface area (Å²) < 4.78 is 20.5. The topological polar surface area (TPSA) is 27.7 Å². The summed E-state index contributed by atoms with van der Waals surface area (Å²) in [4.78, 5) is 0. The fraction of sp³-hybridized carbons (Fsp3) is 1.00. The minimum Gasteiger partial charge on any atom is -0.370 e. The third-order valence-corrected chi connectivity index (χ3v) is 8.14. The van der Waals surface area contributed by atoms with Crippen molar-refractivity contribution in [3.63, 3.8) is 0 Å². The van der Waals surface area contributed by atoms with Crippen LogP contribution in [-0.2, 0) is 14.2 Å². The summed E-state index contributed by atoms with van der Waals surface area (Å²) in [6, 6.07) is 0.731. The van der Waals surface area contributed by atoms with E-state index in [4.69, 9.17) is 14.2 Å². The molecule has 0 aromatic carbocycles. The first kappa shape index (κ1) is 22.4. The van der Waals surface area contributed by atoms with Gasteiger partial charge in [0.05, 0.1) is 79.9 Å². The fourth-order valence-corrected chi connectivity index (χ4v) is 5.47. The molecule has 0 aromatic rings.